The van der Waals surface area contributed by atoms with Crippen molar-refractivity contribution in [2.45, 2.75) is 44.8 Å². The SMILES string of the molecule is CC(C)S(=O)(=O)N1CCCC(CCc2noc(-c3ccc(F)cc3)n2)C1. The van der Waals surface area contributed by atoms with Crippen molar-refractivity contribution in [2.24, 2.45) is 5.92 Å². The Morgan fingerprint density at radius 2 is 2.04 bits per heavy atom. The van der Waals surface area contributed by atoms with E-state index in [1.54, 1.807) is 30.3 Å². The average Bonchev–Trinajstić information content (AvgIpc) is 3.10. The van der Waals surface area contributed by atoms with Crippen LogP contribution in [0.15, 0.2) is 28.8 Å². The maximum atomic E-state index is 13.0. The first kappa shape index (κ1) is 19.0. The van der Waals surface area contributed by atoms with E-state index in [0.29, 0.717) is 42.7 Å². The van der Waals surface area contributed by atoms with Gasteiger partial charge in [-0.05, 0) is 63.3 Å². The van der Waals surface area contributed by atoms with Gasteiger partial charge >= 0.3 is 0 Å². The number of aromatic nitrogens is 2. The van der Waals surface area contributed by atoms with Gasteiger partial charge in [0.1, 0.15) is 5.82 Å². The van der Waals surface area contributed by atoms with E-state index in [0.717, 1.165) is 19.3 Å². The van der Waals surface area contributed by atoms with Crippen LogP contribution in [0.4, 0.5) is 4.39 Å². The van der Waals surface area contributed by atoms with Gasteiger partial charge in [0, 0.05) is 25.1 Å². The number of piperidine rings is 1. The summed E-state index contributed by atoms with van der Waals surface area (Å²) >= 11 is 0. The smallest absolute Gasteiger partial charge is 0.257 e. The van der Waals surface area contributed by atoms with Gasteiger partial charge in [-0.3, -0.25) is 0 Å². The maximum absolute atomic E-state index is 13.0. The van der Waals surface area contributed by atoms with Crippen LogP contribution in [-0.4, -0.2) is 41.2 Å². The topological polar surface area (TPSA) is 76.3 Å². The lowest BCUT2D eigenvalue weighted by Gasteiger charge is -2.33. The zero-order valence-electron chi connectivity index (χ0n) is 15.1. The minimum Gasteiger partial charge on any atom is -0.334 e. The quantitative estimate of drug-likeness (QED) is 0.768. The fourth-order valence-electron chi connectivity index (χ4n) is 3.19. The first-order valence-electron chi connectivity index (χ1n) is 8.93. The van der Waals surface area contributed by atoms with Gasteiger partial charge in [0.15, 0.2) is 5.82 Å². The van der Waals surface area contributed by atoms with Crippen molar-refractivity contribution >= 4 is 10.0 Å². The van der Waals surface area contributed by atoms with Crippen molar-refractivity contribution in [1.29, 1.82) is 0 Å². The van der Waals surface area contributed by atoms with E-state index in [1.165, 1.54) is 12.1 Å². The second-order valence-corrected chi connectivity index (χ2v) is 9.51. The molecule has 1 fully saturated rings. The summed E-state index contributed by atoms with van der Waals surface area (Å²) in [4.78, 5) is 4.36. The van der Waals surface area contributed by atoms with Crippen molar-refractivity contribution in [3.63, 3.8) is 0 Å². The molecule has 26 heavy (non-hydrogen) atoms. The monoisotopic (exact) mass is 381 g/mol. The summed E-state index contributed by atoms with van der Waals surface area (Å²) in [6.07, 6.45) is 3.33. The fraction of sp³-hybridized carbons (Fsp3) is 0.556. The third-order valence-electron chi connectivity index (χ3n) is 4.77. The summed E-state index contributed by atoms with van der Waals surface area (Å²) in [5.74, 6) is 0.942. The van der Waals surface area contributed by atoms with Crippen LogP contribution in [0, 0.1) is 11.7 Å². The molecule has 6 nitrogen and oxygen atoms in total. The highest BCUT2D eigenvalue weighted by Crippen LogP contribution is 2.25. The van der Waals surface area contributed by atoms with Crippen LogP contribution in [0.3, 0.4) is 0 Å². The van der Waals surface area contributed by atoms with Crippen molar-refractivity contribution in [1.82, 2.24) is 14.4 Å². The van der Waals surface area contributed by atoms with Crippen molar-refractivity contribution in [3.8, 4) is 11.5 Å². The Kier molecular flexibility index (Phi) is 5.72. The molecule has 2 aromatic rings. The molecule has 8 heteroatoms. The van der Waals surface area contributed by atoms with Crippen LogP contribution in [-0.2, 0) is 16.4 Å². The maximum Gasteiger partial charge on any atom is 0.257 e. The minimum atomic E-state index is -3.20. The molecule has 0 radical (unpaired) electrons. The molecule has 0 spiro atoms. The van der Waals surface area contributed by atoms with Gasteiger partial charge < -0.3 is 4.52 Å². The van der Waals surface area contributed by atoms with E-state index < -0.39 is 15.3 Å². The number of aryl methyl sites for hydroxylation is 1. The predicted molar refractivity (Wildman–Crippen MR) is 96.4 cm³/mol. The second kappa shape index (κ2) is 7.84. The molecular weight excluding hydrogens is 357 g/mol. The van der Waals surface area contributed by atoms with Gasteiger partial charge in [-0.1, -0.05) is 5.16 Å². The Bertz CT molecular complexity index is 834. The molecule has 1 aromatic carbocycles. The molecule has 1 aliphatic heterocycles. The van der Waals surface area contributed by atoms with Gasteiger partial charge in [0.25, 0.3) is 5.89 Å². The van der Waals surface area contributed by atoms with Crippen LogP contribution in [0.5, 0.6) is 0 Å². The number of halogens is 1. The van der Waals surface area contributed by atoms with E-state index in [1.807, 2.05) is 0 Å². The minimum absolute atomic E-state index is 0.296. The van der Waals surface area contributed by atoms with Crippen molar-refractivity contribution in [3.05, 3.63) is 35.9 Å². The standard InChI is InChI=1S/C18H24FN3O3S/c1-13(2)26(23,24)22-11-3-4-14(12-22)5-10-17-20-18(25-21-17)15-6-8-16(19)9-7-15/h6-9,13-14H,3-5,10-12H2,1-2H3. The lowest BCUT2D eigenvalue weighted by Crippen LogP contribution is -2.43. The number of nitrogens with zero attached hydrogens (tertiary/aromatic N) is 3. The molecule has 0 N–H and O–H groups in total. The Labute approximate surface area is 153 Å². The summed E-state index contributed by atoms with van der Waals surface area (Å²) in [6, 6.07) is 5.90. The molecule has 1 atom stereocenters. The Morgan fingerprint density at radius 1 is 1.31 bits per heavy atom. The lowest BCUT2D eigenvalue weighted by molar-refractivity contribution is 0.253. The summed E-state index contributed by atoms with van der Waals surface area (Å²) < 4.78 is 44.5. The molecule has 0 saturated carbocycles. The van der Waals surface area contributed by atoms with E-state index in [9.17, 15) is 12.8 Å². The molecule has 1 aliphatic rings. The Balaban J connectivity index is 1.58. The largest absolute Gasteiger partial charge is 0.334 e. The van der Waals surface area contributed by atoms with E-state index >= 15 is 0 Å². The molecule has 0 amide bonds. The molecular formula is C18H24FN3O3S. The number of hydrogen-bond acceptors (Lipinski definition) is 5. The predicted octanol–water partition coefficient (Wildman–Crippen LogP) is 3.26. The zero-order valence-corrected chi connectivity index (χ0v) is 15.9. The number of benzene rings is 1. The van der Waals surface area contributed by atoms with Crippen LogP contribution in [0.25, 0.3) is 11.5 Å². The lowest BCUT2D eigenvalue weighted by atomic mass is 9.94. The molecule has 0 aliphatic carbocycles. The van der Waals surface area contributed by atoms with Gasteiger partial charge in [-0.25, -0.2) is 17.1 Å². The summed E-state index contributed by atoms with van der Waals surface area (Å²) in [5.41, 5.74) is 0.678. The van der Waals surface area contributed by atoms with E-state index in [-0.39, 0.29) is 5.82 Å². The van der Waals surface area contributed by atoms with Gasteiger partial charge in [0.2, 0.25) is 10.0 Å². The summed E-state index contributed by atoms with van der Waals surface area (Å²) in [7, 11) is -3.20. The normalized spacial score (nSPS) is 19.2. The molecule has 2 heterocycles. The second-order valence-electron chi connectivity index (χ2n) is 7.02. The van der Waals surface area contributed by atoms with Crippen LogP contribution >= 0.6 is 0 Å². The van der Waals surface area contributed by atoms with Crippen LogP contribution in [0.2, 0.25) is 0 Å². The summed E-state index contributed by atoms with van der Waals surface area (Å²) in [6.45, 7) is 4.60. The van der Waals surface area contributed by atoms with E-state index in [4.69, 9.17) is 4.52 Å². The number of rotatable bonds is 6. The molecule has 1 unspecified atom stereocenters. The molecule has 1 saturated heterocycles. The van der Waals surface area contributed by atoms with Gasteiger partial charge in [-0.15, -0.1) is 0 Å². The highest BCUT2D eigenvalue weighted by molar-refractivity contribution is 7.89. The molecule has 3 rings (SSSR count). The number of sulfonamides is 1. The highest BCUT2D eigenvalue weighted by Gasteiger charge is 2.30. The first-order valence-corrected chi connectivity index (χ1v) is 10.4. The number of hydrogen-bond donors (Lipinski definition) is 0. The Morgan fingerprint density at radius 3 is 2.73 bits per heavy atom. The van der Waals surface area contributed by atoms with Crippen molar-refractivity contribution in [2.75, 3.05) is 13.1 Å². The third kappa shape index (κ3) is 4.29. The van der Waals surface area contributed by atoms with Gasteiger partial charge in [-0.2, -0.15) is 4.98 Å². The highest BCUT2D eigenvalue weighted by atomic mass is 32.2. The first-order chi connectivity index (χ1) is 12.4. The summed E-state index contributed by atoms with van der Waals surface area (Å²) in [5, 5.41) is 3.59. The Hall–Kier alpha value is -1.80. The van der Waals surface area contributed by atoms with Gasteiger partial charge in [0.05, 0.1) is 5.25 Å². The third-order valence-corrected chi connectivity index (χ3v) is 7.02. The van der Waals surface area contributed by atoms with Crippen molar-refractivity contribution < 1.29 is 17.3 Å². The molecule has 1 aromatic heterocycles. The zero-order chi connectivity index (χ0) is 18.7. The van der Waals surface area contributed by atoms with Crippen LogP contribution < -0.4 is 0 Å². The fourth-order valence-corrected chi connectivity index (χ4v) is 4.59. The molecule has 0 bridgehead atoms. The van der Waals surface area contributed by atoms with E-state index in [2.05, 4.69) is 10.1 Å². The van der Waals surface area contributed by atoms with Crippen LogP contribution in [0.1, 0.15) is 38.9 Å². The average molecular weight is 381 g/mol. The molecule has 142 valence electrons.